The van der Waals surface area contributed by atoms with Crippen molar-refractivity contribution in [2.24, 2.45) is 5.92 Å². The second-order valence-electron chi connectivity index (χ2n) is 9.74. The summed E-state index contributed by atoms with van der Waals surface area (Å²) in [5.41, 5.74) is 2.35. The van der Waals surface area contributed by atoms with Gasteiger partial charge < -0.3 is 31.1 Å². The van der Waals surface area contributed by atoms with Gasteiger partial charge in [-0.05, 0) is 42.2 Å². The first-order valence-corrected chi connectivity index (χ1v) is 13.1. The Morgan fingerprint density at radius 1 is 1.05 bits per heavy atom. The van der Waals surface area contributed by atoms with E-state index in [-0.39, 0.29) is 44.2 Å². The number of ether oxygens (including phenoxy) is 1. The van der Waals surface area contributed by atoms with Crippen LogP contribution in [0.25, 0.3) is 10.9 Å². The minimum absolute atomic E-state index is 0.0422. The summed E-state index contributed by atoms with van der Waals surface area (Å²) >= 11 is 0. The summed E-state index contributed by atoms with van der Waals surface area (Å²) in [6.07, 6.45) is 2.99. The predicted octanol–water partition coefficient (Wildman–Crippen LogP) is 2.17. The Hall–Kier alpha value is -4.38. The van der Waals surface area contributed by atoms with Crippen molar-refractivity contribution in [1.29, 1.82) is 5.41 Å². The molecule has 3 atom stereocenters. The van der Waals surface area contributed by atoms with Crippen LogP contribution in [0, 0.1) is 17.1 Å². The first-order valence-electron chi connectivity index (χ1n) is 13.1. The molecule has 1 aliphatic heterocycles. The van der Waals surface area contributed by atoms with Gasteiger partial charge in [0.25, 0.3) is 0 Å². The van der Waals surface area contributed by atoms with Crippen LogP contribution >= 0.6 is 0 Å². The van der Waals surface area contributed by atoms with Crippen LogP contribution in [-0.4, -0.2) is 60.0 Å². The largest absolute Gasteiger partial charge is 0.381 e. The molecule has 0 spiro atoms. The first kappa shape index (κ1) is 28.6. The first-order chi connectivity index (χ1) is 19.3. The van der Waals surface area contributed by atoms with Gasteiger partial charge in [0.15, 0.2) is 5.78 Å². The molecule has 0 bridgehead atoms. The number of aromatic amines is 1. The van der Waals surface area contributed by atoms with Gasteiger partial charge >= 0.3 is 0 Å². The lowest BCUT2D eigenvalue weighted by Crippen LogP contribution is -2.55. The van der Waals surface area contributed by atoms with E-state index >= 15 is 0 Å². The molecule has 1 aliphatic rings. The smallest absolute Gasteiger partial charge is 0.243 e. The zero-order valence-electron chi connectivity index (χ0n) is 21.9. The van der Waals surface area contributed by atoms with Crippen LogP contribution in [0.15, 0.2) is 54.7 Å². The van der Waals surface area contributed by atoms with Gasteiger partial charge in [-0.25, -0.2) is 4.39 Å². The van der Waals surface area contributed by atoms with Gasteiger partial charge in [-0.3, -0.25) is 19.2 Å². The molecule has 0 radical (unpaired) electrons. The van der Waals surface area contributed by atoms with E-state index in [4.69, 9.17) is 10.1 Å². The lowest BCUT2D eigenvalue weighted by atomic mass is 10.0. The molecule has 3 aromatic rings. The molecule has 4 rings (SSSR count). The summed E-state index contributed by atoms with van der Waals surface area (Å²) in [5.74, 6) is -2.71. The quantitative estimate of drug-likeness (QED) is 0.207. The van der Waals surface area contributed by atoms with Gasteiger partial charge in [0.05, 0.1) is 18.7 Å². The van der Waals surface area contributed by atoms with Gasteiger partial charge in [0.1, 0.15) is 17.9 Å². The van der Waals surface area contributed by atoms with Crippen molar-refractivity contribution in [3.63, 3.8) is 0 Å². The van der Waals surface area contributed by atoms with Crippen molar-refractivity contribution >= 4 is 40.6 Å². The molecule has 1 fully saturated rings. The van der Waals surface area contributed by atoms with E-state index in [9.17, 15) is 23.6 Å². The van der Waals surface area contributed by atoms with E-state index in [1.165, 1.54) is 24.3 Å². The van der Waals surface area contributed by atoms with Gasteiger partial charge in [-0.2, -0.15) is 0 Å². The SMILES string of the molecule is N=CC(=O)CC[C@H](NC(=O)[C@H](Cc1c[nH]c2ccccc12)NC(=O)[C@@H]1CCOC1)C(=O)NCc1ccc(F)cc1. The van der Waals surface area contributed by atoms with E-state index in [2.05, 4.69) is 20.9 Å². The summed E-state index contributed by atoms with van der Waals surface area (Å²) in [7, 11) is 0. The third-order valence-electron chi connectivity index (χ3n) is 6.89. The summed E-state index contributed by atoms with van der Waals surface area (Å²) in [4.78, 5) is 54.6. The average Bonchev–Trinajstić information content (AvgIpc) is 3.65. The number of H-pyrrole nitrogens is 1. The van der Waals surface area contributed by atoms with Gasteiger partial charge in [-0.15, -0.1) is 0 Å². The molecule has 2 heterocycles. The van der Waals surface area contributed by atoms with E-state index in [0.29, 0.717) is 24.8 Å². The third-order valence-corrected chi connectivity index (χ3v) is 6.89. The minimum atomic E-state index is -1.10. The molecule has 0 aliphatic carbocycles. The Balaban J connectivity index is 1.51. The van der Waals surface area contributed by atoms with Crippen LogP contribution in [0.1, 0.15) is 30.4 Å². The highest BCUT2D eigenvalue weighted by molar-refractivity contribution is 6.26. The van der Waals surface area contributed by atoms with Gasteiger partial charge in [0.2, 0.25) is 17.7 Å². The summed E-state index contributed by atoms with van der Waals surface area (Å²) in [6, 6.07) is 11.1. The highest BCUT2D eigenvalue weighted by atomic mass is 19.1. The second-order valence-corrected chi connectivity index (χ2v) is 9.74. The van der Waals surface area contributed by atoms with E-state index in [1.54, 1.807) is 6.20 Å². The van der Waals surface area contributed by atoms with Crippen molar-refractivity contribution in [2.45, 2.75) is 44.3 Å². The molecule has 11 heteroatoms. The zero-order valence-corrected chi connectivity index (χ0v) is 21.9. The molecule has 1 aromatic heterocycles. The predicted molar refractivity (Wildman–Crippen MR) is 146 cm³/mol. The van der Waals surface area contributed by atoms with Gasteiger partial charge in [0, 0.05) is 43.1 Å². The summed E-state index contributed by atoms with van der Waals surface area (Å²) in [6.45, 7) is 0.823. The average molecular weight is 550 g/mol. The number of ketones is 1. The lowest BCUT2D eigenvalue weighted by Gasteiger charge is -2.24. The fraction of sp³-hybridized carbons (Fsp3) is 0.345. The number of benzene rings is 2. The van der Waals surface area contributed by atoms with Crippen LogP contribution in [0.4, 0.5) is 4.39 Å². The monoisotopic (exact) mass is 549 g/mol. The minimum Gasteiger partial charge on any atom is -0.381 e. The van der Waals surface area contributed by atoms with Crippen molar-refractivity contribution in [2.75, 3.05) is 13.2 Å². The number of rotatable bonds is 13. The summed E-state index contributed by atoms with van der Waals surface area (Å²) in [5, 5.41) is 16.3. The number of hydrogen-bond donors (Lipinski definition) is 5. The molecule has 210 valence electrons. The fourth-order valence-electron chi connectivity index (χ4n) is 4.58. The number of hydrogen-bond acceptors (Lipinski definition) is 6. The maximum Gasteiger partial charge on any atom is 0.243 e. The van der Waals surface area contributed by atoms with Crippen molar-refractivity contribution in [1.82, 2.24) is 20.9 Å². The molecule has 1 saturated heterocycles. The molecule has 0 unspecified atom stereocenters. The lowest BCUT2D eigenvalue weighted by molar-refractivity contribution is -0.133. The number of fused-ring (bicyclic) bond motifs is 1. The third kappa shape index (κ3) is 7.60. The van der Waals surface area contributed by atoms with Crippen molar-refractivity contribution in [3.8, 4) is 0 Å². The second kappa shape index (κ2) is 13.6. The molecule has 3 amide bonds. The summed E-state index contributed by atoms with van der Waals surface area (Å²) < 4.78 is 18.6. The van der Waals surface area contributed by atoms with E-state index < -0.39 is 35.5 Å². The molecule has 10 nitrogen and oxygen atoms in total. The van der Waals surface area contributed by atoms with Crippen LogP contribution in [0.2, 0.25) is 0 Å². The molecule has 5 N–H and O–H groups in total. The van der Waals surface area contributed by atoms with Crippen LogP contribution in [0.3, 0.4) is 0 Å². The van der Waals surface area contributed by atoms with Crippen LogP contribution in [-0.2, 0) is 36.9 Å². The maximum absolute atomic E-state index is 13.6. The number of nitrogens with one attached hydrogen (secondary N) is 5. The van der Waals surface area contributed by atoms with Crippen LogP contribution < -0.4 is 16.0 Å². The highest BCUT2D eigenvalue weighted by Gasteiger charge is 2.31. The normalized spacial score (nSPS) is 16.2. The molecule has 0 saturated carbocycles. The Morgan fingerprint density at radius 2 is 1.82 bits per heavy atom. The number of para-hydroxylation sites is 1. The van der Waals surface area contributed by atoms with Crippen molar-refractivity contribution < 1.29 is 28.3 Å². The van der Waals surface area contributed by atoms with Crippen LogP contribution in [0.5, 0.6) is 0 Å². The molecular weight excluding hydrogens is 517 g/mol. The standard InChI is InChI=1S/C29H32FN5O5/c30-21-7-5-18(6-8-21)15-33-28(38)25(10-9-22(36)14-31)34-29(39)26(35-27(37)19-11-12-40-17-19)13-20-16-32-24-4-2-1-3-23(20)24/h1-8,14,16,19,25-26,31-32H,9-13,15,17H2,(H,33,38)(H,34,39)(H,35,37)/t19-,25+,26+/m1/s1. The Bertz CT molecular complexity index is 1370. The maximum atomic E-state index is 13.6. The number of halogens is 1. The molecule has 40 heavy (non-hydrogen) atoms. The number of carbonyl (C=O) groups excluding carboxylic acids is 4. The highest BCUT2D eigenvalue weighted by Crippen LogP contribution is 2.20. The number of carbonyl (C=O) groups is 4. The Kier molecular flexibility index (Phi) is 9.74. The van der Waals surface area contributed by atoms with E-state index in [1.807, 2.05) is 24.3 Å². The number of Topliss-reactive ketones (excluding diaryl/α,β-unsaturated/α-hetero) is 1. The number of aromatic nitrogens is 1. The fourth-order valence-corrected chi connectivity index (χ4v) is 4.58. The Labute approximate surface area is 230 Å². The van der Waals surface area contributed by atoms with Gasteiger partial charge in [-0.1, -0.05) is 30.3 Å². The van der Waals surface area contributed by atoms with Crippen molar-refractivity contribution in [3.05, 3.63) is 71.7 Å². The molecule has 2 aromatic carbocycles. The zero-order chi connectivity index (χ0) is 28.5. The number of amides is 3. The van der Waals surface area contributed by atoms with E-state index in [0.717, 1.165) is 16.5 Å². The molecular formula is C29H32FN5O5. The Morgan fingerprint density at radius 3 is 2.55 bits per heavy atom. The topological polar surface area (TPSA) is 153 Å².